The van der Waals surface area contributed by atoms with Gasteiger partial charge in [0.05, 0.1) is 11.9 Å². The van der Waals surface area contributed by atoms with Crippen molar-refractivity contribution < 1.29 is 28.4 Å². The molecule has 19 heavy (non-hydrogen) atoms. The largest absolute Gasteiger partial charge is 1.00 e. The van der Waals surface area contributed by atoms with Gasteiger partial charge in [-0.2, -0.15) is 0 Å². The van der Waals surface area contributed by atoms with Gasteiger partial charge in [0, 0.05) is 11.2 Å². The predicted molar refractivity (Wildman–Crippen MR) is 74.8 cm³/mol. The maximum absolute atomic E-state index is 9.66. The summed E-state index contributed by atoms with van der Waals surface area (Å²) in [6.45, 7) is 4.60. The third kappa shape index (κ3) is 3.19. The molecule has 108 valence electrons. The molecule has 0 aromatic heterocycles. The highest BCUT2D eigenvalue weighted by Gasteiger charge is 2.43. The van der Waals surface area contributed by atoms with Gasteiger partial charge in [0.15, 0.2) is 0 Å². The first-order valence-corrected chi connectivity index (χ1v) is 7.39. The van der Waals surface area contributed by atoms with Crippen molar-refractivity contribution in [3.8, 4) is 5.75 Å². The summed E-state index contributed by atoms with van der Waals surface area (Å²) in [4.78, 5) is 0. The van der Waals surface area contributed by atoms with Crippen LogP contribution in [0, 0.1) is 0 Å². The first-order chi connectivity index (χ1) is 8.46. The van der Waals surface area contributed by atoms with Crippen LogP contribution < -0.4 is 18.1 Å². The van der Waals surface area contributed by atoms with Crippen molar-refractivity contribution in [2.45, 2.75) is 37.0 Å². The monoisotopic (exact) mass is 303 g/mol. The quantitative estimate of drug-likeness (QED) is 0.601. The Morgan fingerprint density at radius 2 is 2.11 bits per heavy atom. The topological polar surface area (TPSA) is 68.1 Å². The zero-order valence-corrected chi connectivity index (χ0v) is 13.0. The van der Waals surface area contributed by atoms with Gasteiger partial charge in [-0.15, -0.1) is 11.8 Å². The maximum Gasteiger partial charge on any atom is 0.115 e. The normalized spacial score (nSPS) is 24.4. The van der Waals surface area contributed by atoms with Crippen LogP contribution in [0.5, 0.6) is 5.75 Å². The minimum atomic E-state index is -0.0422. The molecule has 1 aliphatic carbocycles. The van der Waals surface area contributed by atoms with Crippen LogP contribution in [0.3, 0.4) is 0 Å². The third-order valence-corrected chi connectivity index (χ3v) is 5.35. The van der Waals surface area contributed by atoms with E-state index in [1.54, 1.807) is 17.8 Å². The Labute approximate surface area is 125 Å². The lowest BCUT2D eigenvalue weighted by Crippen LogP contribution is -3.00. The van der Waals surface area contributed by atoms with E-state index in [0.717, 1.165) is 12.2 Å². The van der Waals surface area contributed by atoms with Gasteiger partial charge in [-0.05, 0) is 29.7 Å². The number of quaternary nitrogens is 1. The van der Waals surface area contributed by atoms with Crippen molar-refractivity contribution in [3.05, 3.63) is 29.3 Å². The summed E-state index contributed by atoms with van der Waals surface area (Å²) in [5.74, 6) is 1.09. The fourth-order valence-electron chi connectivity index (χ4n) is 2.74. The lowest BCUT2D eigenvalue weighted by atomic mass is 9.69. The first-order valence-electron chi connectivity index (χ1n) is 6.34. The van der Waals surface area contributed by atoms with Crippen molar-refractivity contribution in [3.63, 3.8) is 0 Å². The second-order valence-electron chi connectivity index (χ2n) is 5.51. The van der Waals surface area contributed by atoms with Crippen molar-refractivity contribution >= 4 is 11.8 Å². The van der Waals surface area contributed by atoms with Crippen LogP contribution in [0.2, 0.25) is 0 Å². The van der Waals surface area contributed by atoms with E-state index in [9.17, 15) is 5.11 Å². The average molecular weight is 304 g/mol. The zero-order valence-electron chi connectivity index (χ0n) is 11.4. The minimum Gasteiger partial charge on any atom is -1.00 e. The van der Waals surface area contributed by atoms with E-state index in [0.29, 0.717) is 11.0 Å². The van der Waals surface area contributed by atoms with Gasteiger partial charge in [0.1, 0.15) is 11.8 Å². The van der Waals surface area contributed by atoms with Gasteiger partial charge < -0.3 is 28.4 Å². The number of aliphatic hydroxyl groups is 1. The molecule has 1 aliphatic rings. The smallest absolute Gasteiger partial charge is 0.115 e. The number of aromatic hydroxyl groups is 1. The van der Waals surface area contributed by atoms with E-state index < -0.39 is 0 Å². The Bertz CT molecular complexity index is 439. The van der Waals surface area contributed by atoms with Crippen LogP contribution in [0.15, 0.2) is 18.2 Å². The molecule has 2 atom stereocenters. The standard InChI is InChI=1S/C14H21NO2S.ClH/c1-14(2)11-8-10(17)4-3-9(11)7-12(13(14)15)18-6-5-16;/h3-4,8,12-13,16-17H,5-7,15H2,1-2H3;1H. The van der Waals surface area contributed by atoms with Gasteiger partial charge in [-0.25, -0.2) is 0 Å². The van der Waals surface area contributed by atoms with Gasteiger partial charge >= 0.3 is 0 Å². The molecule has 5 N–H and O–H groups in total. The summed E-state index contributed by atoms with van der Waals surface area (Å²) in [5.41, 5.74) is 6.80. The molecule has 0 amide bonds. The number of phenols is 1. The molecule has 2 rings (SSSR count). The molecule has 0 fully saturated rings. The molecule has 0 radical (unpaired) electrons. The molecular formula is C14H22ClNO2S. The predicted octanol–water partition coefficient (Wildman–Crippen LogP) is -2.07. The molecule has 0 saturated heterocycles. The number of halogens is 1. The Hall–Kier alpha value is -0.420. The number of fused-ring (bicyclic) bond motifs is 1. The van der Waals surface area contributed by atoms with Crippen molar-refractivity contribution in [1.29, 1.82) is 0 Å². The van der Waals surface area contributed by atoms with Crippen molar-refractivity contribution in [2.75, 3.05) is 12.4 Å². The summed E-state index contributed by atoms with van der Waals surface area (Å²) in [6, 6.07) is 5.93. The number of benzene rings is 1. The summed E-state index contributed by atoms with van der Waals surface area (Å²) >= 11 is 1.80. The highest BCUT2D eigenvalue weighted by molar-refractivity contribution is 7.99. The van der Waals surface area contributed by atoms with Gasteiger partial charge in [-0.3, -0.25) is 0 Å². The van der Waals surface area contributed by atoms with Crippen molar-refractivity contribution in [2.24, 2.45) is 0 Å². The van der Waals surface area contributed by atoms with E-state index in [4.69, 9.17) is 5.11 Å². The number of rotatable bonds is 3. The molecule has 1 aromatic rings. The SMILES string of the molecule is CC1(C)c2cc(O)ccc2CC(SCCO)C1[NH3+].[Cl-]. The Morgan fingerprint density at radius 1 is 1.42 bits per heavy atom. The lowest BCUT2D eigenvalue weighted by Gasteiger charge is -2.40. The van der Waals surface area contributed by atoms with E-state index in [1.807, 2.05) is 12.1 Å². The van der Waals surface area contributed by atoms with E-state index in [-0.39, 0.29) is 30.5 Å². The lowest BCUT2D eigenvalue weighted by molar-refractivity contribution is -0.435. The van der Waals surface area contributed by atoms with Gasteiger partial charge in [0.25, 0.3) is 0 Å². The zero-order chi connectivity index (χ0) is 13.3. The summed E-state index contributed by atoms with van der Waals surface area (Å²) in [7, 11) is 0. The van der Waals surface area contributed by atoms with Crippen LogP contribution in [0.1, 0.15) is 25.0 Å². The van der Waals surface area contributed by atoms with Gasteiger partial charge in [0.2, 0.25) is 0 Å². The fraction of sp³-hybridized carbons (Fsp3) is 0.571. The van der Waals surface area contributed by atoms with Crippen LogP contribution in [0.25, 0.3) is 0 Å². The van der Waals surface area contributed by atoms with Crippen LogP contribution in [0.4, 0.5) is 0 Å². The number of thioether (sulfide) groups is 1. The molecule has 0 spiro atoms. The summed E-state index contributed by atoms with van der Waals surface area (Å²) < 4.78 is 0. The van der Waals surface area contributed by atoms with Crippen LogP contribution >= 0.6 is 11.8 Å². The number of hydrogen-bond donors (Lipinski definition) is 3. The Morgan fingerprint density at radius 3 is 2.74 bits per heavy atom. The van der Waals surface area contributed by atoms with E-state index in [2.05, 4.69) is 19.6 Å². The minimum absolute atomic E-state index is 0. The molecule has 0 aliphatic heterocycles. The van der Waals surface area contributed by atoms with Crippen molar-refractivity contribution in [1.82, 2.24) is 0 Å². The Balaban J connectivity index is 0.00000180. The van der Waals surface area contributed by atoms with Gasteiger partial charge in [-0.1, -0.05) is 19.9 Å². The molecule has 5 heteroatoms. The van der Waals surface area contributed by atoms with Crippen LogP contribution in [-0.4, -0.2) is 33.9 Å². The molecule has 3 nitrogen and oxygen atoms in total. The summed E-state index contributed by atoms with van der Waals surface area (Å²) in [6.07, 6.45) is 0.970. The molecule has 0 bridgehead atoms. The highest BCUT2D eigenvalue weighted by Crippen LogP contribution is 2.40. The fourth-order valence-corrected chi connectivity index (χ4v) is 4.02. The Kier molecular flexibility index (Phi) is 5.56. The molecule has 2 unspecified atom stereocenters. The second-order valence-corrected chi connectivity index (χ2v) is 6.85. The second kappa shape index (κ2) is 6.35. The maximum atomic E-state index is 9.66. The number of aliphatic hydroxyl groups excluding tert-OH is 1. The average Bonchev–Trinajstić information content (AvgIpc) is 2.33. The molecule has 0 heterocycles. The molecule has 0 saturated carbocycles. The first kappa shape index (κ1) is 16.6. The molecule has 1 aromatic carbocycles. The summed E-state index contributed by atoms with van der Waals surface area (Å²) in [5, 5.41) is 19.1. The van der Waals surface area contributed by atoms with E-state index in [1.165, 1.54) is 11.1 Å². The number of hydrogen-bond acceptors (Lipinski definition) is 3. The third-order valence-electron chi connectivity index (χ3n) is 4.01. The molecular weight excluding hydrogens is 282 g/mol. The number of phenolic OH excluding ortho intramolecular Hbond substituents is 1. The highest BCUT2D eigenvalue weighted by atomic mass is 35.5. The van der Waals surface area contributed by atoms with E-state index >= 15 is 0 Å². The van der Waals surface area contributed by atoms with Crippen LogP contribution in [-0.2, 0) is 11.8 Å².